The van der Waals surface area contributed by atoms with Crippen LogP contribution in [0.2, 0.25) is 10.0 Å². The molecule has 0 spiro atoms. The predicted octanol–water partition coefficient (Wildman–Crippen LogP) is 4.01. The van der Waals surface area contributed by atoms with E-state index in [1.165, 1.54) is 0 Å². The Morgan fingerprint density at radius 3 is 2.62 bits per heavy atom. The van der Waals surface area contributed by atoms with Crippen molar-refractivity contribution < 1.29 is 9.90 Å². The van der Waals surface area contributed by atoms with Gasteiger partial charge in [0.1, 0.15) is 0 Å². The van der Waals surface area contributed by atoms with Crippen molar-refractivity contribution in [2.24, 2.45) is 0 Å². The highest BCUT2D eigenvalue weighted by molar-refractivity contribution is 6.35. The first-order chi connectivity index (χ1) is 12.5. The normalized spacial score (nSPS) is 15.0. The van der Waals surface area contributed by atoms with Gasteiger partial charge in [0, 0.05) is 18.1 Å². The quantitative estimate of drug-likeness (QED) is 0.717. The summed E-state index contributed by atoms with van der Waals surface area (Å²) >= 11 is 12.0. The maximum absolute atomic E-state index is 12.3. The zero-order valence-corrected chi connectivity index (χ0v) is 15.7. The van der Waals surface area contributed by atoms with Crippen LogP contribution in [0.1, 0.15) is 12.8 Å². The minimum absolute atomic E-state index is 0.107. The number of amides is 1. The maximum atomic E-state index is 12.3. The smallest absolute Gasteiger partial charge is 0.243 e. The molecule has 1 fully saturated rings. The molecule has 0 radical (unpaired) electrons. The number of nitrogens with one attached hydrogen (secondary N) is 2. The van der Waals surface area contributed by atoms with Gasteiger partial charge in [0.15, 0.2) is 0 Å². The number of nitrogens with zero attached hydrogens (tertiary/aromatic N) is 1. The van der Waals surface area contributed by atoms with E-state index in [1.807, 2.05) is 24.3 Å². The van der Waals surface area contributed by atoms with Crippen LogP contribution in [0.5, 0.6) is 0 Å². The number of benzene rings is 2. The van der Waals surface area contributed by atoms with Gasteiger partial charge in [0.05, 0.1) is 34.7 Å². The number of rotatable bonds is 5. The van der Waals surface area contributed by atoms with E-state index in [4.69, 9.17) is 23.2 Å². The molecule has 0 unspecified atom stereocenters. The lowest BCUT2D eigenvalue weighted by atomic mass is 10.1. The number of hydrogen-bond donors (Lipinski definition) is 3. The van der Waals surface area contributed by atoms with Gasteiger partial charge in [-0.25, -0.2) is 0 Å². The number of hydrogen-bond acceptors (Lipinski definition) is 4. The summed E-state index contributed by atoms with van der Waals surface area (Å²) in [5.41, 5.74) is 2.41. The molecular weight excluding hydrogens is 373 g/mol. The van der Waals surface area contributed by atoms with E-state index >= 15 is 0 Å². The highest BCUT2D eigenvalue weighted by Gasteiger charge is 2.19. The standard InChI is InChI=1S/C19H21Cl2N3O2/c20-13-5-6-15(21)17(11-13)23-19(26)12-22-16-3-1-2-4-18(16)24-9-7-14(25)8-10-24/h1-6,11,14,22,25H,7-10,12H2,(H,23,26). The van der Waals surface area contributed by atoms with E-state index in [-0.39, 0.29) is 18.6 Å². The van der Waals surface area contributed by atoms with Crippen molar-refractivity contribution >= 4 is 46.2 Å². The monoisotopic (exact) mass is 393 g/mol. The van der Waals surface area contributed by atoms with E-state index in [0.29, 0.717) is 15.7 Å². The lowest BCUT2D eigenvalue weighted by Gasteiger charge is -2.32. The SMILES string of the molecule is O=C(CNc1ccccc1N1CCC(O)CC1)Nc1cc(Cl)ccc1Cl. The molecule has 5 nitrogen and oxygen atoms in total. The van der Waals surface area contributed by atoms with Gasteiger partial charge in [-0.3, -0.25) is 4.79 Å². The number of carbonyl (C=O) groups excluding carboxylic acids is 1. The molecule has 26 heavy (non-hydrogen) atoms. The van der Waals surface area contributed by atoms with Gasteiger partial charge in [0.2, 0.25) is 5.91 Å². The molecule has 1 saturated heterocycles. The zero-order chi connectivity index (χ0) is 18.5. The molecule has 7 heteroatoms. The Morgan fingerprint density at radius 1 is 1.12 bits per heavy atom. The Labute approximate surface area is 162 Å². The molecule has 138 valence electrons. The first kappa shape index (κ1) is 18.8. The summed E-state index contributed by atoms with van der Waals surface area (Å²) in [5, 5.41) is 16.6. The van der Waals surface area contributed by atoms with Gasteiger partial charge in [-0.2, -0.15) is 0 Å². The van der Waals surface area contributed by atoms with Crippen LogP contribution in [0.3, 0.4) is 0 Å². The van der Waals surface area contributed by atoms with E-state index in [1.54, 1.807) is 18.2 Å². The molecule has 0 bridgehead atoms. The molecule has 1 heterocycles. The summed E-state index contributed by atoms with van der Waals surface area (Å²) in [4.78, 5) is 14.5. The number of anilines is 3. The Morgan fingerprint density at radius 2 is 1.85 bits per heavy atom. The topological polar surface area (TPSA) is 64.6 Å². The average molecular weight is 394 g/mol. The second-order valence-electron chi connectivity index (χ2n) is 6.26. The van der Waals surface area contributed by atoms with E-state index < -0.39 is 0 Å². The fourth-order valence-corrected chi connectivity index (χ4v) is 3.31. The predicted molar refractivity (Wildman–Crippen MR) is 107 cm³/mol. The van der Waals surface area contributed by atoms with Crippen molar-refractivity contribution in [3.05, 3.63) is 52.5 Å². The molecule has 2 aromatic rings. The molecular formula is C19H21Cl2N3O2. The highest BCUT2D eigenvalue weighted by Crippen LogP contribution is 2.28. The van der Waals surface area contributed by atoms with E-state index in [2.05, 4.69) is 15.5 Å². The van der Waals surface area contributed by atoms with Crippen LogP contribution < -0.4 is 15.5 Å². The third kappa shape index (κ3) is 4.81. The molecule has 1 aliphatic rings. The van der Waals surface area contributed by atoms with Crippen molar-refractivity contribution in [1.29, 1.82) is 0 Å². The number of para-hydroxylation sites is 2. The maximum Gasteiger partial charge on any atom is 0.243 e. The highest BCUT2D eigenvalue weighted by atomic mass is 35.5. The van der Waals surface area contributed by atoms with Gasteiger partial charge in [0.25, 0.3) is 0 Å². The van der Waals surface area contributed by atoms with Gasteiger partial charge in [-0.1, -0.05) is 35.3 Å². The van der Waals surface area contributed by atoms with Crippen molar-refractivity contribution in [2.75, 3.05) is 35.2 Å². The molecule has 0 saturated carbocycles. The van der Waals surface area contributed by atoms with E-state index in [9.17, 15) is 9.90 Å². The summed E-state index contributed by atoms with van der Waals surface area (Å²) in [7, 11) is 0. The van der Waals surface area contributed by atoms with Gasteiger partial charge < -0.3 is 20.6 Å². The number of aliphatic hydroxyl groups is 1. The van der Waals surface area contributed by atoms with Gasteiger partial charge in [-0.15, -0.1) is 0 Å². The first-order valence-electron chi connectivity index (χ1n) is 8.54. The lowest BCUT2D eigenvalue weighted by molar-refractivity contribution is -0.114. The number of piperidine rings is 1. The van der Waals surface area contributed by atoms with Crippen LogP contribution in [-0.2, 0) is 4.79 Å². The summed E-state index contributed by atoms with van der Waals surface area (Å²) in [6, 6.07) is 12.8. The van der Waals surface area contributed by atoms with Crippen LogP contribution in [0.4, 0.5) is 17.1 Å². The summed E-state index contributed by atoms with van der Waals surface area (Å²) in [6.07, 6.45) is 1.28. The lowest BCUT2D eigenvalue weighted by Crippen LogP contribution is -2.36. The van der Waals surface area contributed by atoms with Crippen molar-refractivity contribution in [2.45, 2.75) is 18.9 Å². The second kappa shape index (κ2) is 8.62. The minimum atomic E-state index is -0.223. The van der Waals surface area contributed by atoms with Crippen molar-refractivity contribution in [3.8, 4) is 0 Å². The third-order valence-corrected chi connectivity index (χ3v) is 4.92. The Kier molecular flexibility index (Phi) is 6.25. The second-order valence-corrected chi connectivity index (χ2v) is 7.10. The van der Waals surface area contributed by atoms with Crippen LogP contribution in [0, 0.1) is 0 Å². The Hall–Kier alpha value is -1.95. The largest absolute Gasteiger partial charge is 0.393 e. The van der Waals surface area contributed by atoms with Crippen LogP contribution in [0.25, 0.3) is 0 Å². The van der Waals surface area contributed by atoms with E-state index in [0.717, 1.165) is 37.3 Å². The number of halogens is 2. The van der Waals surface area contributed by atoms with Crippen molar-refractivity contribution in [1.82, 2.24) is 0 Å². The first-order valence-corrected chi connectivity index (χ1v) is 9.29. The molecule has 1 aliphatic heterocycles. The molecule has 2 aromatic carbocycles. The fourth-order valence-electron chi connectivity index (χ4n) is 2.97. The molecule has 0 aromatic heterocycles. The summed E-state index contributed by atoms with van der Waals surface area (Å²) in [6.45, 7) is 1.70. The molecule has 1 amide bonds. The average Bonchev–Trinajstić information content (AvgIpc) is 2.64. The molecule has 3 rings (SSSR count). The molecule has 0 aliphatic carbocycles. The number of aliphatic hydroxyl groups excluding tert-OH is 1. The van der Waals surface area contributed by atoms with Crippen LogP contribution >= 0.6 is 23.2 Å². The summed E-state index contributed by atoms with van der Waals surface area (Å²) < 4.78 is 0. The Balaban J connectivity index is 1.62. The zero-order valence-electron chi connectivity index (χ0n) is 14.2. The summed E-state index contributed by atoms with van der Waals surface area (Å²) in [5.74, 6) is -0.210. The van der Waals surface area contributed by atoms with Gasteiger partial charge in [-0.05, 0) is 43.2 Å². The van der Waals surface area contributed by atoms with Crippen molar-refractivity contribution in [3.63, 3.8) is 0 Å². The fraction of sp³-hybridized carbons (Fsp3) is 0.316. The van der Waals surface area contributed by atoms with Crippen LogP contribution in [-0.4, -0.2) is 36.8 Å². The molecule has 3 N–H and O–H groups in total. The van der Waals surface area contributed by atoms with Gasteiger partial charge >= 0.3 is 0 Å². The molecule has 0 atom stereocenters. The van der Waals surface area contributed by atoms with Crippen LogP contribution in [0.15, 0.2) is 42.5 Å². The third-order valence-electron chi connectivity index (χ3n) is 4.35. The minimum Gasteiger partial charge on any atom is -0.393 e. The Bertz CT molecular complexity index is 777. The number of carbonyl (C=O) groups is 1.